The van der Waals surface area contributed by atoms with Crippen molar-refractivity contribution in [2.75, 3.05) is 26.1 Å². The third kappa shape index (κ3) is 3.51. The van der Waals surface area contributed by atoms with Crippen molar-refractivity contribution in [3.8, 4) is 5.75 Å². The van der Waals surface area contributed by atoms with E-state index in [1.54, 1.807) is 42.5 Å². The minimum atomic E-state index is -0.291. The molecule has 0 saturated heterocycles. The number of ether oxygens (including phenoxy) is 2. The lowest BCUT2D eigenvalue weighted by Crippen LogP contribution is -2.17. The van der Waals surface area contributed by atoms with Gasteiger partial charge in [0.25, 0.3) is 5.91 Å². The predicted octanol–water partition coefficient (Wildman–Crippen LogP) is 2.78. The molecule has 5 heteroatoms. The number of carbonyl (C=O) groups excluding carboxylic acids is 2. The fourth-order valence-corrected chi connectivity index (χ4v) is 2.08. The zero-order valence-corrected chi connectivity index (χ0v) is 12.5. The molecule has 1 N–H and O–H groups in total. The summed E-state index contributed by atoms with van der Waals surface area (Å²) in [7, 11) is 2.91. The zero-order chi connectivity index (χ0) is 15.9. The maximum atomic E-state index is 12.3. The van der Waals surface area contributed by atoms with Gasteiger partial charge in [0.05, 0.1) is 18.4 Å². The first-order valence-corrected chi connectivity index (χ1v) is 6.73. The second kappa shape index (κ2) is 7.38. The lowest BCUT2D eigenvalue weighted by Gasteiger charge is -2.13. The third-order valence-electron chi connectivity index (χ3n) is 3.08. The maximum absolute atomic E-state index is 12.3. The summed E-state index contributed by atoms with van der Waals surface area (Å²) in [6.07, 6.45) is 0. The van der Waals surface area contributed by atoms with Gasteiger partial charge in [-0.05, 0) is 24.3 Å². The monoisotopic (exact) mass is 299 g/mol. The Bertz CT molecular complexity index is 668. The Labute approximate surface area is 128 Å². The second-order valence-corrected chi connectivity index (χ2v) is 4.56. The Morgan fingerprint density at radius 3 is 2.36 bits per heavy atom. The van der Waals surface area contributed by atoms with Crippen LogP contribution in [0.15, 0.2) is 48.5 Å². The van der Waals surface area contributed by atoms with Crippen molar-refractivity contribution >= 4 is 17.4 Å². The van der Waals surface area contributed by atoms with Crippen LogP contribution >= 0.6 is 0 Å². The van der Waals surface area contributed by atoms with Crippen molar-refractivity contribution in [1.82, 2.24) is 0 Å². The van der Waals surface area contributed by atoms with Crippen molar-refractivity contribution in [3.63, 3.8) is 0 Å². The van der Waals surface area contributed by atoms with Gasteiger partial charge in [-0.1, -0.05) is 24.3 Å². The molecule has 5 nitrogen and oxygen atoms in total. The molecule has 0 fully saturated rings. The highest BCUT2D eigenvalue weighted by Crippen LogP contribution is 2.27. The molecular weight excluding hydrogens is 282 g/mol. The molecular formula is C17H17NO4. The Hall–Kier alpha value is -2.66. The molecule has 0 aromatic heterocycles. The van der Waals surface area contributed by atoms with Gasteiger partial charge in [-0.3, -0.25) is 9.59 Å². The molecule has 0 bridgehead atoms. The molecule has 0 radical (unpaired) electrons. The van der Waals surface area contributed by atoms with E-state index in [4.69, 9.17) is 9.47 Å². The Kier molecular flexibility index (Phi) is 5.27. The Morgan fingerprint density at radius 2 is 1.73 bits per heavy atom. The van der Waals surface area contributed by atoms with Crippen LogP contribution in [0.2, 0.25) is 0 Å². The Morgan fingerprint density at radius 1 is 1.00 bits per heavy atom. The average Bonchev–Trinajstić information content (AvgIpc) is 2.55. The minimum Gasteiger partial charge on any atom is -0.496 e. The lowest BCUT2D eigenvalue weighted by molar-refractivity contribution is 0.0846. The first kappa shape index (κ1) is 15.7. The lowest BCUT2D eigenvalue weighted by atomic mass is 10.1. The Balaban J connectivity index is 2.34. The highest BCUT2D eigenvalue weighted by molar-refractivity contribution is 6.11. The average molecular weight is 299 g/mol. The fraction of sp³-hybridized carbons (Fsp3) is 0.176. The van der Waals surface area contributed by atoms with Crippen molar-refractivity contribution in [2.24, 2.45) is 0 Å². The molecule has 0 atom stereocenters. The molecule has 0 unspecified atom stereocenters. The summed E-state index contributed by atoms with van der Waals surface area (Å²) in [5, 5.41) is 2.75. The van der Waals surface area contributed by atoms with Gasteiger partial charge in [0.2, 0.25) is 0 Å². The molecule has 2 rings (SSSR count). The van der Waals surface area contributed by atoms with Gasteiger partial charge in [0, 0.05) is 12.7 Å². The van der Waals surface area contributed by atoms with E-state index in [1.807, 2.05) is 6.07 Å². The highest BCUT2D eigenvalue weighted by Gasteiger charge is 2.18. The first-order valence-electron chi connectivity index (χ1n) is 6.73. The van der Waals surface area contributed by atoms with Crippen LogP contribution in [-0.4, -0.2) is 32.5 Å². The van der Waals surface area contributed by atoms with E-state index in [2.05, 4.69) is 5.32 Å². The number of hydrogen-bond donors (Lipinski definition) is 1. The minimum absolute atomic E-state index is 0.0887. The summed E-state index contributed by atoms with van der Waals surface area (Å²) >= 11 is 0. The van der Waals surface area contributed by atoms with Gasteiger partial charge in [-0.25, -0.2) is 0 Å². The normalized spacial score (nSPS) is 10.1. The SMILES string of the molecule is COCC(=O)c1c(NC(=O)c2ccccc2)cccc1OC. The summed E-state index contributed by atoms with van der Waals surface area (Å²) in [4.78, 5) is 24.5. The zero-order valence-electron chi connectivity index (χ0n) is 12.5. The number of ketones is 1. The first-order chi connectivity index (χ1) is 10.7. The smallest absolute Gasteiger partial charge is 0.255 e. The van der Waals surface area contributed by atoms with E-state index in [9.17, 15) is 9.59 Å². The van der Waals surface area contributed by atoms with E-state index in [0.29, 0.717) is 22.6 Å². The van der Waals surface area contributed by atoms with Crippen LogP contribution < -0.4 is 10.1 Å². The fourth-order valence-electron chi connectivity index (χ4n) is 2.08. The van der Waals surface area contributed by atoms with E-state index in [1.165, 1.54) is 14.2 Å². The quantitative estimate of drug-likeness (QED) is 0.833. The number of nitrogens with one attached hydrogen (secondary N) is 1. The van der Waals surface area contributed by atoms with E-state index < -0.39 is 0 Å². The predicted molar refractivity (Wildman–Crippen MR) is 83.6 cm³/mol. The topological polar surface area (TPSA) is 64.6 Å². The molecule has 22 heavy (non-hydrogen) atoms. The van der Waals surface area contributed by atoms with Gasteiger partial charge in [0.15, 0.2) is 5.78 Å². The highest BCUT2D eigenvalue weighted by atomic mass is 16.5. The number of benzene rings is 2. The summed E-state index contributed by atoms with van der Waals surface area (Å²) in [5.41, 5.74) is 1.21. The van der Waals surface area contributed by atoms with Crippen LogP contribution in [0.3, 0.4) is 0 Å². The van der Waals surface area contributed by atoms with Crippen LogP contribution in [0, 0.1) is 0 Å². The summed E-state index contributed by atoms with van der Waals surface area (Å²) in [6.45, 7) is -0.0887. The van der Waals surface area contributed by atoms with Crippen molar-refractivity contribution < 1.29 is 19.1 Å². The summed E-state index contributed by atoms with van der Waals surface area (Å²) < 4.78 is 10.1. The molecule has 2 aromatic carbocycles. The number of methoxy groups -OCH3 is 2. The number of amides is 1. The maximum Gasteiger partial charge on any atom is 0.255 e. The van der Waals surface area contributed by atoms with Gasteiger partial charge in [-0.15, -0.1) is 0 Å². The molecule has 2 aromatic rings. The van der Waals surface area contributed by atoms with Crippen molar-refractivity contribution in [2.45, 2.75) is 0 Å². The standard InChI is InChI=1S/C17H17NO4/c1-21-11-14(19)16-13(9-6-10-15(16)22-2)18-17(20)12-7-4-3-5-8-12/h3-10H,11H2,1-2H3,(H,18,20). The summed E-state index contributed by atoms with van der Waals surface area (Å²) in [5.74, 6) is -0.156. The van der Waals surface area contributed by atoms with Crippen LogP contribution in [0.25, 0.3) is 0 Å². The van der Waals surface area contributed by atoms with Gasteiger partial charge < -0.3 is 14.8 Å². The molecule has 0 spiro atoms. The van der Waals surface area contributed by atoms with Crippen LogP contribution in [-0.2, 0) is 4.74 Å². The van der Waals surface area contributed by atoms with E-state index >= 15 is 0 Å². The largest absolute Gasteiger partial charge is 0.496 e. The van der Waals surface area contributed by atoms with Crippen LogP contribution in [0.1, 0.15) is 20.7 Å². The molecule has 1 amide bonds. The number of rotatable bonds is 6. The number of anilines is 1. The van der Waals surface area contributed by atoms with Gasteiger partial charge >= 0.3 is 0 Å². The molecule has 0 heterocycles. The van der Waals surface area contributed by atoms with Crippen molar-refractivity contribution in [3.05, 3.63) is 59.7 Å². The second-order valence-electron chi connectivity index (χ2n) is 4.56. The third-order valence-corrected chi connectivity index (χ3v) is 3.08. The number of Topliss-reactive ketones (excluding diaryl/α,β-unsaturated/α-hetero) is 1. The van der Waals surface area contributed by atoms with E-state index in [0.717, 1.165) is 0 Å². The molecule has 114 valence electrons. The van der Waals surface area contributed by atoms with Crippen LogP contribution in [0.4, 0.5) is 5.69 Å². The van der Waals surface area contributed by atoms with Crippen LogP contribution in [0.5, 0.6) is 5.75 Å². The molecule has 0 aliphatic heterocycles. The number of hydrogen-bond acceptors (Lipinski definition) is 4. The van der Waals surface area contributed by atoms with Gasteiger partial charge in [0.1, 0.15) is 12.4 Å². The molecule has 0 aliphatic rings. The van der Waals surface area contributed by atoms with Gasteiger partial charge in [-0.2, -0.15) is 0 Å². The molecule has 0 saturated carbocycles. The number of carbonyl (C=O) groups is 2. The van der Waals surface area contributed by atoms with E-state index in [-0.39, 0.29) is 18.3 Å². The molecule has 0 aliphatic carbocycles. The van der Waals surface area contributed by atoms with Crippen molar-refractivity contribution in [1.29, 1.82) is 0 Å². The summed E-state index contributed by atoms with van der Waals surface area (Å²) in [6, 6.07) is 13.8.